The van der Waals surface area contributed by atoms with Crippen molar-refractivity contribution in [2.45, 2.75) is 33.1 Å². The van der Waals surface area contributed by atoms with E-state index >= 15 is 0 Å². The number of halogens is 2. The molecule has 1 atom stereocenters. The number of hydrogen-bond donors (Lipinski definition) is 1. The number of anilines is 1. The van der Waals surface area contributed by atoms with E-state index in [0.29, 0.717) is 21.9 Å². The van der Waals surface area contributed by atoms with Crippen LogP contribution < -0.4 is 5.32 Å². The lowest BCUT2D eigenvalue weighted by atomic mass is 9.97. The molecule has 1 nitrogen and oxygen atoms in total. The van der Waals surface area contributed by atoms with Gasteiger partial charge in [-0.3, -0.25) is 0 Å². The molecule has 118 valence electrons. The zero-order valence-corrected chi connectivity index (χ0v) is 14.9. The third-order valence-corrected chi connectivity index (χ3v) is 4.28. The number of hydrogen-bond acceptors (Lipinski definition) is 1. The summed E-state index contributed by atoms with van der Waals surface area (Å²) in [6.45, 7) is 7.52. The maximum Gasteiger partial charge on any atom is 0.0638 e. The average molecular weight is 336 g/mol. The van der Waals surface area contributed by atoms with Gasteiger partial charge in [0.25, 0.3) is 0 Å². The molecule has 3 heteroatoms. The average Bonchev–Trinajstić information content (AvgIpc) is 2.48. The maximum atomic E-state index is 6.17. The van der Waals surface area contributed by atoms with E-state index in [-0.39, 0.29) is 0 Å². The molecule has 0 aromatic heterocycles. The molecule has 0 amide bonds. The molecule has 0 spiro atoms. The Hall–Kier alpha value is -1.18. The second-order valence-corrected chi connectivity index (χ2v) is 7.09. The Labute approximate surface area is 143 Å². The first-order chi connectivity index (χ1) is 10.5. The molecular formula is C19H23Cl2N. The minimum Gasteiger partial charge on any atom is -0.383 e. The highest BCUT2D eigenvalue weighted by Gasteiger charge is 2.08. The van der Waals surface area contributed by atoms with Crippen LogP contribution in [0.5, 0.6) is 0 Å². The molecule has 0 fully saturated rings. The molecule has 1 N–H and O–H groups in total. The largest absolute Gasteiger partial charge is 0.383 e. The third kappa shape index (κ3) is 4.93. The fraction of sp³-hybridized carbons (Fsp3) is 0.368. The molecule has 0 bridgehead atoms. The molecule has 2 aromatic carbocycles. The highest BCUT2D eigenvalue weighted by atomic mass is 35.5. The van der Waals surface area contributed by atoms with Crippen molar-refractivity contribution in [1.82, 2.24) is 0 Å². The summed E-state index contributed by atoms with van der Waals surface area (Å²) in [7, 11) is 0. The number of benzene rings is 2. The Balaban J connectivity index is 1.97. The first-order valence-corrected chi connectivity index (χ1v) is 8.49. The Morgan fingerprint density at radius 1 is 0.955 bits per heavy atom. The summed E-state index contributed by atoms with van der Waals surface area (Å²) in [4.78, 5) is 0. The van der Waals surface area contributed by atoms with Crippen LogP contribution >= 0.6 is 23.2 Å². The first-order valence-electron chi connectivity index (χ1n) is 7.73. The smallest absolute Gasteiger partial charge is 0.0638 e. The Morgan fingerprint density at radius 3 is 2.27 bits per heavy atom. The molecule has 2 aromatic rings. The van der Waals surface area contributed by atoms with Gasteiger partial charge in [0, 0.05) is 11.6 Å². The summed E-state index contributed by atoms with van der Waals surface area (Å²) >= 11 is 12.2. The zero-order valence-electron chi connectivity index (χ0n) is 13.4. The van der Waals surface area contributed by atoms with E-state index in [4.69, 9.17) is 23.2 Å². The summed E-state index contributed by atoms with van der Waals surface area (Å²) in [5.74, 6) is 1.10. The zero-order chi connectivity index (χ0) is 16.1. The molecule has 0 saturated carbocycles. The molecule has 0 saturated heterocycles. The summed E-state index contributed by atoms with van der Waals surface area (Å²) in [6, 6.07) is 14.4. The molecule has 0 aliphatic carbocycles. The topological polar surface area (TPSA) is 12.0 Å². The van der Waals surface area contributed by atoms with Gasteiger partial charge in [-0.05, 0) is 47.6 Å². The van der Waals surface area contributed by atoms with E-state index in [2.05, 4.69) is 50.4 Å². The van der Waals surface area contributed by atoms with Gasteiger partial charge >= 0.3 is 0 Å². The lowest BCUT2D eigenvalue weighted by Gasteiger charge is -2.16. The molecule has 0 aliphatic rings. The van der Waals surface area contributed by atoms with Crippen molar-refractivity contribution < 1.29 is 0 Å². The summed E-state index contributed by atoms with van der Waals surface area (Å²) in [6.07, 6.45) is 1.13. The van der Waals surface area contributed by atoms with Gasteiger partial charge in [0.2, 0.25) is 0 Å². The van der Waals surface area contributed by atoms with E-state index in [0.717, 1.165) is 18.7 Å². The fourth-order valence-corrected chi connectivity index (χ4v) is 2.82. The van der Waals surface area contributed by atoms with Gasteiger partial charge in [-0.15, -0.1) is 0 Å². The van der Waals surface area contributed by atoms with Gasteiger partial charge in [0.15, 0.2) is 0 Å². The summed E-state index contributed by atoms with van der Waals surface area (Å²) in [5, 5.41) is 4.77. The summed E-state index contributed by atoms with van der Waals surface area (Å²) in [5.41, 5.74) is 3.62. The Bertz CT molecular complexity index is 605. The standard InChI is InChI=1S/C19H23Cl2N/c1-13(2)10-15-4-6-16(7-5-15)14(3)12-22-19-11-17(20)8-9-18(19)21/h4-9,11,13-14,22H,10,12H2,1-3H3. The predicted octanol–water partition coefficient (Wildman–Crippen LogP) is 6.41. The van der Waals surface area contributed by atoms with Crippen LogP contribution in [0.4, 0.5) is 5.69 Å². The normalized spacial score (nSPS) is 12.5. The van der Waals surface area contributed by atoms with Gasteiger partial charge in [-0.1, -0.05) is 68.2 Å². The lowest BCUT2D eigenvalue weighted by Crippen LogP contribution is -2.10. The van der Waals surface area contributed by atoms with Gasteiger partial charge in [-0.25, -0.2) is 0 Å². The van der Waals surface area contributed by atoms with Crippen molar-refractivity contribution in [1.29, 1.82) is 0 Å². The van der Waals surface area contributed by atoms with Gasteiger partial charge in [0.1, 0.15) is 0 Å². The van der Waals surface area contributed by atoms with Crippen molar-refractivity contribution in [3.05, 3.63) is 63.6 Å². The molecule has 0 aliphatic heterocycles. The van der Waals surface area contributed by atoms with Crippen LogP contribution in [-0.4, -0.2) is 6.54 Å². The molecule has 1 unspecified atom stereocenters. The van der Waals surface area contributed by atoms with E-state index in [9.17, 15) is 0 Å². The van der Waals surface area contributed by atoms with Crippen molar-refractivity contribution in [2.75, 3.05) is 11.9 Å². The van der Waals surface area contributed by atoms with Crippen molar-refractivity contribution in [3.63, 3.8) is 0 Å². The van der Waals surface area contributed by atoms with Gasteiger partial charge in [0.05, 0.1) is 10.7 Å². The molecule has 22 heavy (non-hydrogen) atoms. The Morgan fingerprint density at radius 2 is 1.64 bits per heavy atom. The van der Waals surface area contributed by atoms with Crippen molar-refractivity contribution in [2.24, 2.45) is 5.92 Å². The van der Waals surface area contributed by atoms with Crippen LogP contribution in [0.1, 0.15) is 37.8 Å². The SMILES string of the molecule is CC(C)Cc1ccc(C(C)CNc2cc(Cl)ccc2Cl)cc1. The van der Waals surface area contributed by atoms with E-state index in [1.165, 1.54) is 11.1 Å². The summed E-state index contributed by atoms with van der Waals surface area (Å²) < 4.78 is 0. The predicted molar refractivity (Wildman–Crippen MR) is 98.4 cm³/mol. The van der Waals surface area contributed by atoms with Crippen LogP contribution in [0.3, 0.4) is 0 Å². The minimum absolute atomic E-state index is 0.406. The second-order valence-electron chi connectivity index (χ2n) is 6.25. The van der Waals surface area contributed by atoms with Gasteiger partial charge < -0.3 is 5.32 Å². The van der Waals surface area contributed by atoms with Crippen LogP contribution in [0, 0.1) is 5.92 Å². The monoisotopic (exact) mass is 335 g/mol. The molecule has 0 radical (unpaired) electrons. The lowest BCUT2D eigenvalue weighted by molar-refractivity contribution is 0.647. The minimum atomic E-state index is 0.406. The van der Waals surface area contributed by atoms with E-state index in [1.807, 2.05) is 12.1 Å². The molecule has 2 rings (SSSR count). The van der Waals surface area contributed by atoms with Crippen molar-refractivity contribution in [3.8, 4) is 0 Å². The van der Waals surface area contributed by atoms with E-state index in [1.54, 1.807) is 6.07 Å². The number of rotatable bonds is 6. The highest BCUT2D eigenvalue weighted by molar-refractivity contribution is 6.35. The third-order valence-electron chi connectivity index (χ3n) is 3.72. The molecule has 0 heterocycles. The fourth-order valence-electron chi connectivity index (χ4n) is 2.47. The quantitative estimate of drug-likeness (QED) is 0.643. The van der Waals surface area contributed by atoms with Crippen LogP contribution in [0.25, 0.3) is 0 Å². The van der Waals surface area contributed by atoms with Crippen LogP contribution in [0.15, 0.2) is 42.5 Å². The van der Waals surface area contributed by atoms with E-state index < -0.39 is 0 Å². The van der Waals surface area contributed by atoms with Gasteiger partial charge in [-0.2, -0.15) is 0 Å². The Kier molecular flexibility index (Phi) is 6.16. The number of nitrogens with one attached hydrogen (secondary N) is 1. The maximum absolute atomic E-state index is 6.17. The van der Waals surface area contributed by atoms with Crippen LogP contribution in [-0.2, 0) is 6.42 Å². The van der Waals surface area contributed by atoms with Crippen LogP contribution in [0.2, 0.25) is 10.0 Å². The van der Waals surface area contributed by atoms with Crippen molar-refractivity contribution >= 4 is 28.9 Å². The molecular weight excluding hydrogens is 313 g/mol. The first kappa shape index (κ1) is 17.2. The highest BCUT2D eigenvalue weighted by Crippen LogP contribution is 2.26. The second kappa shape index (κ2) is 7.89.